The van der Waals surface area contributed by atoms with Crippen LogP contribution < -0.4 is 10.1 Å². The van der Waals surface area contributed by atoms with E-state index in [0.29, 0.717) is 30.4 Å². The molecule has 6 nitrogen and oxygen atoms in total. The molecule has 3 aromatic rings. The lowest BCUT2D eigenvalue weighted by molar-refractivity contribution is 0.155. The second-order valence-electron chi connectivity index (χ2n) is 7.43. The summed E-state index contributed by atoms with van der Waals surface area (Å²) in [5, 5.41) is 13.8. The van der Waals surface area contributed by atoms with Crippen molar-refractivity contribution in [2.75, 3.05) is 11.9 Å². The van der Waals surface area contributed by atoms with E-state index in [2.05, 4.69) is 20.3 Å². The number of aliphatic hydroxyl groups excluding tert-OH is 1. The highest BCUT2D eigenvalue weighted by Gasteiger charge is 2.59. The highest BCUT2D eigenvalue weighted by molar-refractivity contribution is 5.40. The first-order chi connectivity index (χ1) is 14.0. The van der Waals surface area contributed by atoms with Crippen molar-refractivity contribution in [1.29, 1.82) is 0 Å². The molecule has 150 valence electrons. The molecule has 1 aliphatic carbocycles. The normalized spacial score (nSPS) is 21.4. The quantitative estimate of drug-likeness (QED) is 0.598. The van der Waals surface area contributed by atoms with Crippen LogP contribution in [0, 0.1) is 25.6 Å². The van der Waals surface area contributed by atoms with Crippen LogP contribution in [0.2, 0.25) is 0 Å². The van der Waals surface area contributed by atoms with Crippen LogP contribution in [0.25, 0.3) is 0 Å². The van der Waals surface area contributed by atoms with Gasteiger partial charge in [0.25, 0.3) is 0 Å². The zero-order chi connectivity index (χ0) is 20.4. The third kappa shape index (κ3) is 4.05. The molecule has 1 aromatic carbocycles. The number of hydrogen-bond acceptors (Lipinski definition) is 6. The average molecular weight is 394 g/mol. The van der Waals surface area contributed by atoms with Gasteiger partial charge in [-0.1, -0.05) is 18.2 Å². The number of aryl methyl sites for hydroxylation is 2. The molecule has 4 rings (SSSR count). The van der Waals surface area contributed by atoms with Gasteiger partial charge in [0.2, 0.25) is 0 Å². The summed E-state index contributed by atoms with van der Waals surface area (Å²) in [5.41, 5.74) is 1.25. The number of halogens is 1. The van der Waals surface area contributed by atoms with Crippen LogP contribution in [-0.2, 0) is 5.41 Å². The van der Waals surface area contributed by atoms with E-state index in [1.165, 1.54) is 12.1 Å². The molecule has 0 bridgehead atoms. The van der Waals surface area contributed by atoms with E-state index in [1.807, 2.05) is 26.0 Å². The Bertz CT molecular complexity index is 984. The molecule has 7 heteroatoms. The van der Waals surface area contributed by atoms with E-state index in [0.717, 1.165) is 11.3 Å². The van der Waals surface area contributed by atoms with Crippen molar-refractivity contribution in [3.63, 3.8) is 0 Å². The number of aromatic nitrogens is 3. The minimum atomic E-state index is -0.811. The lowest BCUT2D eigenvalue weighted by atomic mass is 9.93. The van der Waals surface area contributed by atoms with E-state index in [1.54, 1.807) is 30.6 Å². The van der Waals surface area contributed by atoms with Crippen LogP contribution in [0.4, 0.5) is 10.2 Å². The van der Waals surface area contributed by atoms with Crippen molar-refractivity contribution >= 4 is 5.82 Å². The molecule has 0 amide bonds. The zero-order valence-electron chi connectivity index (χ0n) is 16.3. The molecule has 2 aromatic heterocycles. The Morgan fingerprint density at radius 3 is 2.69 bits per heavy atom. The second kappa shape index (κ2) is 7.75. The zero-order valence-corrected chi connectivity index (χ0v) is 16.3. The molecule has 1 unspecified atom stereocenters. The highest BCUT2D eigenvalue weighted by Crippen LogP contribution is 2.56. The van der Waals surface area contributed by atoms with Gasteiger partial charge in [-0.25, -0.2) is 19.3 Å². The number of nitrogens with one attached hydrogen (secondary N) is 1. The van der Waals surface area contributed by atoms with Crippen LogP contribution in [0.1, 0.15) is 23.5 Å². The van der Waals surface area contributed by atoms with Gasteiger partial charge in [-0.3, -0.25) is 0 Å². The summed E-state index contributed by atoms with van der Waals surface area (Å²) >= 11 is 0. The lowest BCUT2D eigenvalue weighted by Crippen LogP contribution is -2.30. The minimum absolute atomic E-state index is 0.110. The first-order valence-corrected chi connectivity index (χ1v) is 9.53. The van der Waals surface area contributed by atoms with Crippen molar-refractivity contribution < 1.29 is 14.2 Å². The smallest absolute Gasteiger partial charge is 0.158 e. The summed E-state index contributed by atoms with van der Waals surface area (Å²) in [5.74, 6) is 1.49. The summed E-state index contributed by atoms with van der Waals surface area (Å²) in [6.07, 6.45) is 3.22. The maximum atomic E-state index is 13.5. The molecular formula is C22H23FN4O2. The molecule has 29 heavy (non-hydrogen) atoms. The van der Waals surface area contributed by atoms with Crippen molar-refractivity contribution in [3.8, 4) is 5.75 Å². The molecule has 1 saturated carbocycles. The van der Waals surface area contributed by atoms with Gasteiger partial charge < -0.3 is 15.2 Å². The fraction of sp³-hybridized carbons (Fsp3) is 0.318. The largest absolute Gasteiger partial charge is 0.489 e. The van der Waals surface area contributed by atoms with E-state index in [9.17, 15) is 9.50 Å². The van der Waals surface area contributed by atoms with E-state index >= 15 is 0 Å². The first-order valence-electron chi connectivity index (χ1n) is 9.53. The summed E-state index contributed by atoms with van der Waals surface area (Å²) in [6.45, 7) is 4.03. The van der Waals surface area contributed by atoms with Gasteiger partial charge in [0, 0.05) is 17.5 Å². The maximum Gasteiger partial charge on any atom is 0.158 e. The molecule has 1 fully saturated rings. The summed E-state index contributed by atoms with van der Waals surface area (Å²) in [7, 11) is 0. The van der Waals surface area contributed by atoms with Gasteiger partial charge in [0.1, 0.15) is 23.7 Å². The predicted octanol–water partition coefficient (Wildman–Crippen LogP) is 3.39. The predicted molar refractivity (Wildman–Crippen MR) is 107 cm³/mol. The molecule has 1 aliphatic rings. The molecule has 2 N–H and O–H groups in total. The SMILES string of the molecule is Cc1ncc(OC[C@@]2(c3ccc(F)cc3)C[C@H]2C(O)Nc2ccccn2)c(C)n1. The highest BCUT2D eigenvalue weighted by atomic mass is 19.1. The topological polar surface area (TPSA) is 80.2 Å². The molecule has 0 radical (unpaired) electrons. The van der Waals surface area contributed by atoms with Gasteiger partial charge in [-0.05, 0) is 50.1 Å². The van der Waals surface area contributed by atoms with Gasteiger partial charge in [0.15, 0.2) is 5.75 Å². The van der Waals surface area contributed by atoms with Crippen molar-refractivity contribution in [2.45, 2.75) is 31.9 Å². The van der Waals surface area contributed by atoms with E-state index in [4.69, 9.17) is 4.74 Å². The average Bonchev–Trinajstić information content (AvgIpc) is 3.45. The van der Waals surface area contributed by atoms with Crippen molar-refractivity contribution in [2.24, 2.45) is 5.92 Å². The number of nitrogens with zero attached hydrogens (tertiary/aromatic N) is 3. The number of anilines is 1. The van der Waals surface area contributed by atoms with Gasteiger partial charge in [0.05, 0.1) is 18.5 Å². The Balaban J connectivity index is 1.55. The van der Waals surface area contributed by atoms with Crippen LogP contribution in [0.15, 0.2) is 54.9 Å². The Kier molecular flexibility index (Phi) is 5.15. The molecular weight excluding hydrogens is 371 g/mol. The van der Waals surface area contributed by atoms with E-state index < -0.39 is 11.6 Å². The number of hydrogen-bond donors (Lipinski definition) is 2. The number of benzene rings is 1. The third-order valence-corrected chi connectivity index (χ3v) is 5.43. The Morgan fingerprint density at radius 1 is 1.21 bits per heavy atom. The van der Waals surface area contributed by atoms with E-state index in [-0.39, 0.29) is 11.7 Å². The Morgan fingerprint density at radius 2 is 2.00 bits per heavy atom. The summed E-state index contributed by atoms with van der Waals surface area (Å²) in [4.78, 5) is 12.7. The van der Waals surface area contributed by atoms with Crippen molar-refractivity contribution in [1.82, 2.24) is 15.0 Å². The van der Waals surface area contributed by atoms with Crippen LogP contribution in [-0.4, -0.2) is 32.9 Å². The Labute approximate surface area is 168 Å². The second-order valence-corrected chi connectivity index (χ2v) is 7.43. The van der Waals surface area contributed by atoms with Crippen LogP contribution >= 0.6 is 0 Å². The van der Waals surface area contributed by atoms with Crippen LogP contribution in [0.5, 0.6) is 5.75 Å². The molecule has 3 atom stereocenters. The van der Waals surface area contributed by atoms with Crippen LogP contribution in [0.3, 0.4) is 0 Å². The summed E-state index contributed by atoms with van der Waals surface area (Å²) in [6, 6.07) is 11.9. The fourth-order valence-corrected chi connectivity index (χ4v) is 3.73. The molecule has 0 aliphatic heterocycles. The molecule has 0 saturated heterocycles. The molecule has 0 spiro atoms. The number of pyridine rings is 1. The monoisotopic (exact) mass is 394 g/mol. The van der Waals surface area contributed by atoms with Crippen molar-refractivity contribution in [3.05, 3.63) is 77.8 Å². The number of ether oxygens (including phenoxy) is 1. The van der Waals surface area contributed by atoms with Gasteiger partial charge in [-0.2, -0.15) is 0 Å². The first kappa shape index (κ1) is 19.3. The summed E-state index contributed by atoms with van der Waals surface area (Å²) < 4.78 is 19.5. The molecule has 2 heterocycles. The van der Waals surface area contributed by atoms with Gasteiger partial charge in [-0.15, -0.1) is 0 Å². The number of rotatable bonds is 7. The fourth-order valence-electron chi connectivity index (χ4n) is 3.73. The lowest BCUT2D eigenvalue weighted by Gasteiger charge is -2.22. The minimum Gasteiger partial charge on any atom is -0.489 e. The standard InChI is InChI=1S/C22H23FN4O2/c1-14-19(12-25-15(2)26-14)29-13-22(16-6-8-17(23)9-7-16)11-18(22)21(28)27-20-5-3-4-10-24-20/h3-10,12,18,21,28H,11,13H2,1-2H3,(H,24,27)/t18-,21?,22+/m0/s1. The third-order valence-electron chi connectivity index (χ3n) is 5.43. The van der Waals surface area contributed by atoms with Gasteiger partial charge >= 0.3 is 0 Å². The maximum absolute atomic E-state index is 13.5. The Hall–Kier alpha value is -3.06. The number of aliphatic hydroxyl groups is 1.